The van der Waals surface area contributed by atoms with E-state index >= 15 is 0 Å². The average Bonchev–Trinajstić information content (AvgIpc) is 3.03. The minimum atomic E-state index is -6.22. The molecule has 32 heavy (non-hydrogen) atoms. The molecular formula is C20H15F6NO5. The van der Waals surface area contributed by atoms with E-state index in [9.17, 15) is 41.3 Å². The summed E-state index contributed by atoms with van der Waals surface area (Å²) in [7, 11) is 0. The fourth-order valence-corrected chi connectivity index (χ4v) is 3.58. The van der Waals surface area contributed by atoms with Crippen LogP contribution in [0.15, 0.2) is 54.6 Å². The molecule has 6 nitrogen and oxygen atoms in total. The van der Waals surface area contributed by atoms with Crippen LogP contribution in [-0.4, -0.2) is 35.6 Å². The predicted molar refractivity (Wildman–Crippen MR) is 95.9 cm³/mol. The van der Waals surface area contributed by atoms with Gasteiger partial charge in [-0.1, -0.05) is 60.2 Å². The van der Waals surface area contributed by atoms with Gasteiger partial charge in [0, 0.05) is 4.92 Å². The molecule has 0 unspecified atom stereocenters. The largest absolute Gasteiger partial charge is 0.465 e. The number of ether oxygens (including phenoxy) is 2. The van der Waals surface area contributed by atoms with E-state index < -0.39 is 52.7 Å². The van der Waals surface area contributed by atoms with Gasteiger partial charge >= 0.3 is 24.1 Å². The van der Waals surface area contributed by atoms with Crippen molar-refractivity contribution in [2.24, 2.45) is 0 Å². The van der Waals surface area contributed by atoms with Crippen molar-refractivity contribution in [1.82, 2.24) is 0 Å². The minimum absolute atomic E-state index is 0.0757. The fraction of sp³-hybridized carbons (Fsp3) is 0.350. The number of hydrogen-bond acceptors (Lipinski definition) is 5. The second-order valence-electron chi connectivity index (χ2n) is 7.18. The zero-order valence-corrected chi connectivity index (χ0v) is 16.2. The third kappa shape index (κ3) is 3.68. The lowest BCUT2D eigenvalue weighted by Gasteiger charge is -2.35. The van der Waals surface area contributed by atoms with E-state index in [1.807, 2.05) is 0 Å². The van der Waals surface area contributed by atoms with Gasteiger partial charge in [-0.05, 0) is 18.1 Å². The number of rotatable bonds is 5. The Morgan fingerprint density at radius 3 is 1.94 bits per heavy atom. The zero-order valence-electron chi connectivity index (χ0n) is 16.2. The monoisotopic (exact) mass is 463 g/mol. The van der Waals surface area contributed by atoms with E-state index in [1.165, 1.54) is 42.5 Å². The maximum atomic E-state index is 13.7. The molecule has 0 radical (unpaired) electrons. The molecule has 1 saturated heterocycles. The Morgan fingerprint density at radius 2 is 1.50 bits per heavy atom. The van der Waals surface area contributed by atoms with Gasteiger partial charge in [-0.2, -0.15) is 26.3 Å². The van der Waals surface area contributed by atoms with Crippen LogP contribution in [0.1, 0.15) is 22.6 Å². The van der Waals surface area contributed by atoms with Crippen LogP contribution in [0.5, 0.6) is 0 Å². The third-order valence-electron chi connectivity index (χ3n) is 5.10. The number of hydrogen-bond donors (Lipinski definition) is 0. The molecule has 0 aliphatic carbocycles. The summed E-state index contributed by atoms with van der Waals surface area (Å²) >= 11 is 0. The highest BCUT2D eigenvalue weighted by Gasteiger charge is 2.84. The first kappa shape index (κ1) is 23.5. The average molecular weight is 463 g/mol. The molecule has 0 spiro atoms. The first-order valence-corrected chi connectivity index (χ1v) is 9.05. The summed E-state index contributed by atoms with van der Waals surface area (Å²) in [5.41, 5.74) is -2.97. The molecule has 1 heterocycles. The van der Waals surface area contributed by atoms with Crippen molar-refractivity contribution in [2.75, 3.05) is 6.54 Å². The first-order valence-electron chi connectivity index (χ1n) is 9.05. The number of halogens is 6. The molecule has 0 N–H and O–H groups in total. The van der Waals surface area contributed by atoms with Gasteiger partial charge in [0.2, 0.25) is 12.1 Å². The third-order valence-corrected chi connectivity index (χ3v) is 5.10. The number of carbonyl (C=O) groups excluding carboxylic acids is 1. The molecule has 1 aliphatic heterocycles. The van der Waals surface area contributed by atoms with Gasteiger partial charge in [0.05, 0.1) is 5.92 Å². The molecule has 0 saturated carbocycles. The van der Waals surface area contributed by atoms with Gasteiger partial charge in [-0.25, -0.2) is 4.79 Å². The lowest BCUT2D eigenvalue weighted by atomic mass is 9.77. The maximum Gasteiger partial charge on any atom is 0.465 e. The zero-order chi connectivity index (χ0) is 23.9. The van der Waals surface area contributed by atoms with Crippen molar-refractivity contribution in [3.05, 3.63) is 81.4 Å². The normalized spacial score (nSPS) is 21.8. The van der Waals surface area contributed by atoms with Crippen molar-refractivity contribution in [3.8, 4) is 0 Å². The number of alkyl halides is 6. The van der Waals surface area contributed by atoms with Crippen LogP contribution in [0.4, 0.5) is 26.3 Å². The number of carbonyl (C=O) groups is 1. The van der Waals surface area contributed by atoms with E-state index in [4.69, 9.17) is 0 Å². The van der Waals surface area contributed by atoms with Crippen molar-refractivity contribution >= 4 is 5.97 Å². The molecule has 1 fully saturated rings. The number of cyclic esters (lactones) is 1. The molecule has 172 valence electrons. The second-order valence-corrected chi connectivity index (χ2v) is 7.18. The summed E-state index contributed by atoms with van der Waals surface area (Å²) in [5.74, 6) is -9.21. The van der Waals surface area contributed by atoms with Gasteiger partial charge < -0.3 is 9.47 Å². The Hall–Kier alpha value is -3.15. The molecule has 3 rings (SSSR count). The van der Waals surface area contributed by atoms with Crippen molar-refractivity contribution in [1.29, 1.82) is 0 Å². The highest BCUT2D eigenvalue weighted by Crippen LogP contribution is 2.58. The van der Waals surface area contributed by atoms with E-state index in [1.54, 1.807) is 6.92 Å². The molecule has 2 aromatic carbocycles. The minimum Gasteiger partial charge on any atom is -0.413 e. The van der Waals surface area contributed by atoms with Crippen molar-refractivity contribution in [2.45, 2.75) is 36.6 Å². The molecular weight excluding hydrogens is 448 g/mol. The SMILES string of the molecule is Cc1ccc([C@H](C[N+](=O)[O-])[C@]2(c3ccccc3)OC(C(F)(F)F)(C(F)(F)F)OC2=O)cc1. The summed E-state index contributed by atoms with van der Waals surface area (Å²) in [6.45, 7) is 0.441. The lowest BCUT2D eigenvalue weighted by molar-refractivity contribution is -0.491. The van der Waals surface area contributed by atoms with Crippen LogP contribution in [0, 0.1) is 17.0 Å². The van der Waals surface area contributed by atoms with E-state index in [-0.39, 0.29) is 5.56 Å². The van der Waals surface area contributed by atoms with E-state index in [2.05, 4.69) is 9.47 Å². The summed E-state index contributed by atoms with van der Waals surface area (Å²) in [6, 6.07) is 11.4. The molecule has 1 aliphatic rings. The van der Waals surface area contributed by atoms with Gasteiger partial charge in [0.15, 0.2) is 0 Å². The summed E-state index contributed by atoms with van der Waals surface area (Å²) in [4.78, 5) is 23.3. The number of esters is 1. The number of benzene rings is 2. The molecule has 0 aromatic heterocycles. The fourth-order valence-electron chi connectivity index (χ4n) is 3.58. The molecule has 12 heteroatoms. The highest BCUT2D eigenvalue weighted by molar-refractivity contribution is 5.85. The smallest absolute Gasteiger partial charge is 0.413 e. The first-order chi connectivity index (χ1) is 14.7. The Morgan fingerprint density at radius 1 is 0.969 bits per heavy atom. The number of aryl methyl sites for hydroxylation is 1. The Kier molecular flexibility index (Phi) is 5.71. The van der Waals surface area contributed by atoms with E-state index in [0.717, 1.165) is 12.1 Å². The molecule has 2 aromatic rings. The molecule has 2 atom stereocenters. The summed E-state index contributed by atoms with van der Waals surface area (Å²) < 4.78 is 90.5. The van der Waals surface area contributed by atoms with Crippen molar-refractivity contribution < 1.29 is 45.5 Å². The second kappa shape index (κ2) is 7.76. The summed E-state index contributed by atoms with van der Waals surface area (Å²) in [6.07, 6.45) is -12.4. The molecule has 0 amide bonds. The van der Waals surface area contributed by atoms with Crippen LogP contribution >= 0.6 is 0 Å². The number of nitro groups is 1. The Bertz CT molecular complexity index is 992. The van der Waals surface area contributed by atoms with Crippen LogP contribution in [-0.2, 0) is 19.9 Å². The quantitative estimate of drug-likeness (QED) is 0.279. The van der Waals surface area contributed by atoms with Crippen LogP contribution < -0.4 is 0 Å². The van der Waals surface area contributed by atoms with E-state index in [0.29, 0.717) is 5.56 Å². The van der Waals surface area contributed by atoms with Crippen LogP contribution in [0.2, 0.25) is 0 Å². The predicted octanol–water partition coefficient (Wildman–Crippen LogP) is 4.65. The maximum absolute atomic E-state index is 13.7. The lowest BCUT2D eigenvalue weighted by Crippen LogP contribution is -2.59. The standard InChI is InChI=1S/C20H15F6NO5/c1-12-7-9-13(10-8-12)15(11-27(29)30)17(14-5-3-2-4-6-14)16(28)31-18(32-17,19(21,22)23)20(24,25)26/h2-10,15H,11H2,1H3/t15-,17-/m0/s1. The van der Waals surface area contributed by atoms with Gasteiger partial charge in [-0.3, -0.25) is 10.1 Å². The van der Waals surface area contributed by atoms with Gasteiger partial charge in [0.25, 0.3) is 0 Å². The highest BCUT2D eigenvalue weighted by atomic mass is 19.4. The molecule has 0 bridgehead atoms. The topological polar surface area (TPSA) is 78.7 Å². The van der Waals surface area contributed by atoms with Gasteiger partial charge in [0.1, 0.15) is 0 Å². The Labute approximate surface area is 176 Å². The van der Waals surface area contributed by atoms with Crippen LogP contribution in [0.3, 0.4) is 0 Å². The Balaban J connectivity index is 2.34. The van der Waals surface area contributed by atoms with Crippen molar-refractivity contribution in [3.63, 3.8) is 0 Å². The van der Waals surface area contributed by atoms with Gasteiger partial charge in [-0.15, -0.1) is 0 Å². The number of nitrogens with zero attached hydrogens (tertiary/aromatic N) is 1. The van der Waals surface area contributed by atoms with Crippen LogP contribution in [0.25, 0.3) is 0 Å². The summed E-state index contributed by atoms with van der Waals surface area (Å²) in [5, 5.41) is 11.4.